The molecule has 0 radical (unpaired) electrons. The van der Waals surface area contributed by atoms with E-state index >= 15 is 0 Å². The highest BCUT2D eigenvalue weighted by molar-refractivity contribution is 5.64. The van der Waals surface area contributed by atoms with Gasteiger partial charge < -0.3 is 5.32 Å². The van der Waals surface area contributed by atoms with Crippen molar-refractivity contribution in [1.82, 2.24) is 5.32 Å². The Morgan fingerprint density at radius 3 is 2.30 bits per heavy atom. The zero-order valence-corrected chi connectivity index (χ0v) is 12.8. The van der Waals surface area contributed by atoms with Crippen LogP contribution >= 0.6 is 0 Å². The third-order valence-electron chi connectivity index (χ3n) is 3.72. The van der Waals surface area contributed by atoms with E-state index in [1.165, 1.54) is 22.3 Å². The molecule has 0 amide bonds. The van der Waals surface area contributed by atoms with Crippen molar-refractivity contribution in [2.24, 2.45) is 0 Å². The lowest BCUT2D eigenvalue weighted by Crippen LogP contribution is -2.27. The zero-order chi connectivity index (χ0) is 14.4. The topological polar surface area (TPSA) is 12.0 Å². The highest BCUT2D eigenvalue weighted by Gasteiger charge is 2.03. The molecule has 0 aliphatic rings. The van der Waals surface area contributed by atoms with E-state index in [1.807, 2.05) is 0 Å². The summed E-state index contributed by atoms with van der Waals surface area (Å²) in [6.45, 7) is 7.62. The number of aryl methyl sites for hydroxylation is 1. The molecule has 0 spiro atoms. The first-order valence-corrected chi connectivity index (χ1v) is 7.64. The molecule has 2 aromatic carbocycles. The van der Waals surface area contributed by atoms with Gasteiger partial charge in [-0.3, -0.25) is 0 Å². The van der Waals surface area contributed by atoms with Crippen LogP contribution in [0, 0.1) is 0 Å². The molecule has 1 nitrogen and oxygen atoms in total. The molecular formula is C19H25N. The standard InChI is InChI=1S/C19H25N/c1-4-16-7-6-8-19(14-16)18-11-9-17(10-12-18)13-15(3)20-5-2/h6-12,14-15,20H,4-5,13H2,1-3H3. The maximum absolute atomic E-state index is 3.46. The molecule has 1 heteroatoms. The Hall–Kier alpha value is -1.60. The van der Waals surface area contributed by atoms with Crippen LogP contribution in [0.2, 0.25) is 0 Å². The summed E-state index contributed by atoms with van der Waals surface area (Å²) in [6.07, 6.45) is 2.18. The van der Waals surface area contributed by atoms with Crippen LogP contribution in [-0.4, -0.2) is 12.6 Å². The molecule has 1 unspecified atom stereocenters. The average Bonchev–Trinajstić information content (AvgIpc) is 2.48. The Kier molecular flexibility index (Phi) is 5.37. The van der Waals surface area contributed by atoms with Gasteiger partial charge in [0.2, 0.25) is 0 Å². The first-order valence-electron chi connectivity index (χ1n) is 7.64. The second-order valence-corrected chi connectivity index (χ2v) is 5.41. The molecule has 0 saturated heterocycles. The van der Waals surface area contributed by atoms with Crippen LogP contribution in [0.1, 0.15) is 31.9 Å². The molecule has 2 rings (SSSR count). The summed E-state index contributed by atoms with van der Waals surface area (Å²) in [6, 6.07) is 18.3. The fraction of sp³-hybridized carbons (Fsp3) is 0.368. The van der Waals surface area contributed by atoms with Crippen LogP contribution in [0.15, 0.2) is 48.5 Å². The maximum Gasteiger partial charge on any atom is 0.00790 e. The van der Waals surface area contributed by atoms with Gasteiger partial charge in [-0.1, -0.05) is 62.4 Å². The van der Waals surface area contributed by atoms with Crippen LogP contribution in [0.5, 0.6) is 0 Å². The molecule has 1 N–H and O–H groups in total. The van der Waals surface area contributed by atoms with Crippen LogP contribution in [0.3, 0.4) is 0 Å². The van der Waals surface area contributed by atoms with Crippen molar-refractivity contribution >= 4 is 0 Å². The van der Waals surface area contributed by atoms with Crippen LogP contribution in [-0.2, 0) is 12.8 Å². The van der Waals surface area contributed by atoms with Crippen LogP contribution in [0.4, 0.5) is 0 Å². The lowest BCUT2D eigenvalue weighted by atomic mass is 9.99. The van der Waals surface area contributed by atoms with Crippen molar-refractivity contribution in [3.8, 4) is 11.1 Å². The molecular weight excluding hydrogens is 242 g/mol. The van der Waals surface area contributed by atoms with E-state index in [2.05, 4.69) is 74.6 Å². The first kappa shape index (κ1) is 14.8. The molecule has 2 aromatic rings. The van der Waals surface area contributed by atoms with Gasteiger partial charge in [-0.25, -0.2) is 0 Å². The van der Waals surface area contributed by atoms with Gasteiger partial charge in [0.15, 0.2) is 0 Å². The second kappa shape index (κ2) is 7.25. The predicted molar refractivity (Wildman–Crippen MR) is 88.1 cm³/mol. The summed E-state index contributed by atoms with van der Waals surface area (Å²) >= 11 is 0. The van der Waals surface area contributed by atoms with Crippen molar-refractivity contribution in [3.05, 3.63) is 59.7 Å². The summed E-state index contributed by atoms with van der Waals surface area (Å²) in [7, 11) is 0. The lowest BCUT2D eigenvalue weighted by Gasteiger charge is -2.12. The van der Waals surface area contributed by atoms with E-state index in [4.69, 9.17) is 0 Å². The highest BCUT2D eigenvalue weighted by Crippen LogP contribution is 2.21. The zero-order valence-electron chi connectivity index (χ0n) is 12.8. The summed E-state index contributed by atoms with van der Waals surface area (Å²) < 4.78 is 0. The van der Waals surface area contributed by atoms with Crippen molar-refractivity contribution in [3.63, 3.8) is 0 Å². The molecule has 0 aliphatic carbocycles. The largest absolute Gasteiger partial charge is 0.314 e. The van der Waals surface area contributed by atoms with Crippen molar-refractivity contribution in [1.29, 1.82) is 0 Å². The van der Waals surface area contributed by atoms with E-state index < -0.39 is 0 Å². The second-order valence-electron chi connectivity index (χ2n) is 5.41. The van der Waals surface area contributed by atoms with Crippen LogP contribution in [0.25, 0.3) is 11.1 Å². The highest BCUT2D eigenvalue weighted by atomic mass is 14.9. The molecule has 0 saturated carbocycles. The third-order valence-corrected chi connectivity index (χ3v) is 3.72. The van der Waals surface area contributed by atoms with Gasteiger partial charge in [-0.2, -0.15) is 0 Å². The van der Waals surface area contributed by atoms with Gasteiger partial charge in [0, 0.05) is 6.04 Å². The smallest absolute Gasteiger partial charge is 0.00790 e. The Morgan fingerprint density at radius 1 is 0.900 bits per heavy atom. The van der Waals surface area contributed by atoms with Gasteiger partial charge in [0.25, 0.3) is 0 Å². The number of likely N-dealkylation sites (N-methyl/N-ethyl adjacent to an activating group) is 1. The van der Waals surface area contributed by atoms with Crippen molar-refractivity contribution in [2.45, 2.75) is 39.7 Å². The van der Waals surface area contributed by atoms with Gasteiger partial charge in [-0.05, 0) is 48.6 Å². The number of nitrogens with one attached hydrogen (secondary N) is 1. The van der Waals surface area contributed by atoms with Gasteiger partial charge in [-0.15, -0.1) is 0 Å². The quantitative estimate of drug-likeness (QED) is 0.815. The Labute approximate surface area is 123 Å². The average molecular weight is 267 g/mol. The normalized spacial score (nSPS) is 12.3. The molecule has 0 fully saturated rings. The molecule has 0 aliphatic heterocycles. The number of rotatable bonds is 6. The lowest BCUT2D eigenvalue weighted by molar-refractivity contribution is 0.565. The fourth-order valence-electron chi connectivity index (χ4n) is 2.58. The number of hydrogen-bond acceptors (Lipinski definition) is 1. The summed E-state index contributed by atoms with van der Waals surface area (Å²) in [5, 5.41) is 3.46. The molecule has 0 bridgehead atoms. The Bertz CT molecular complexity index is 528. The minimum Gasteiger partial charge on any atom is -0.314 e. The summed E-state index contributed by atoms with van der Waals surface area (Å²) in [5.74, 6) is 0. The summed E-state index contributed by atoms with van der Waals surface area (Å²) in [4.78, 5) is 0. The molecule has 0 heterocycles. The van der Waals surface area contributed by atoms with Crippen molar-refractivity contribution in [2.75, 3.05) is 6.54 Å². The van der Waals surface area contributed by atoms with E-state index in [9.17, 15) is 0 Å². The SMILES string of the molecule is CCNC(C)Cc1ccc(-c2cccc(CC)c2)cc1. The molecule has 1 atom stereocenters. The minimum absolute atomic E-state index is 0.536. The Morgan fingerprint density at radius 2 is 1.65 bits per heavy atom. The number of benzene rings is 2. The molecule has 106 valence electrons. The Balaban J connectivity index is 2.11. The predicted octanol–water partition coefficient (Wildman–Crippen LogP) is 4.46. The minimum atomic E-state index is 0.536. The van der Waals surface area contributed by atoms with Gasteiger partial charge >= 0.3 is 0 Å². The van der Waals surface area contributed by atoms with Gasteiger partial charge in [0.05, 0.1) is 0 Å². The van der Waals surface area contributed by atoms with E-state index in [1.54, 1.807) is 0 Å². The van der Waals surface area contributed by atoms with Gasteiger partial charge in [0.1, 0.15) is 0 Å². The molecule has 20 heavy (non-hydrogen) atoms. The van der Waals surface area contributed by atoms with E-state index in [-0.39, 0.29) is 0 Å². The third kappa shape index (κ3) is 3.94. The molecule has 0 aromatic heterocycles. The summed E-state index contributed by atoms with van der Waals surface area (Å²) in [5.41, 5.74) is 5.41. The van der Waals surface area contributed by atoms with Crippen molar-refractivity contribution < 1.29 is 0 Å². The fourth-order valence-corrected chi connectivity index (χ4v) is 2.58. The van der Waals surface area contributed by atoms with E-state index in [0.29, 0.717) is 6.04 Å². The number of hydrogen-bond donors (Lipinski definition) is 1. The first-order chi connectivity index (χ1) is 9.72. The monoisotopic (exact) mass is 267 g/mol. The van der Waals surface area contributed by atoms with Crippen LogP contribution < -0.4 is 5.32 Å². The van der Waals surface area contributed by atoms with E-state index in [0.717, 1.165) is 19.4 Å². The maximum atomic E-state index is 3.46.